The number of ether oxygens (including phenoxy) is 1. The molecule has 1 fully saturated rings. The Morgan fingerprint density at radius 3 is 2.61 bits per heavy atom. The van der Waals surface area contributed by atoms with Crippen LogP contribution in [0.5, 0.6) is 5.75 Å². The highest BCUT2D eigenvalue weighted by Crippen LogP contribution is 2.26. The van der Waals surface area contributed by atoms with Gasteiger partial charge in [-0.15, -0.1) is 0 Å². The second-order valence-electron chi connectivity index (χ2n) is 9.51. The molecule has 0 unspecified atom stereocenters. The lowest BCUT2D eigenvalue weighted by Gasteiger charge is -2.32. The van der Waals surface area contributed by atoms with Gasteiger partial charge in [-0.1, -0.05) is 36.4 Å². The molecule has 2 heterocycles. The van der Waals surface area contributed by atoms with Crippen LogP contribution in [-0.2, 0) is 20.1 Å². The lowest BCUT2D eigenvalue weighted by molar-refractivity contribution is 0.166. The maximum absolute atomic E-state index is 6.13. The molecule has 176 valence electrons. The van der Waals surface area contributed by atoms with E-state index in [9.17, 15) is 0 Å². The molecule has 4 rings (SSSR count). The van der Waals surface area contributed by atoms with Gasteiger partial charge in [0.2, 0.25) is 0 Å². The van der Waals surface area contributed by atoms with Gasteiger partial charge >= 0.3 is 0 Å². The molecule has 1 aromatic heterocycles. The summed E-state index contributed by atoms with van der Waals surface area (Å²) in [6, 6.07) is 19.6. The van der Waals surface area contributed by atoms with Crippen LogP contribution < -0.4 is 4.74 Å². The Kier molecular flexibility index (Phi) is 8.11. The Labute approximate surface area is 199 Å². The average molecular weight is 446 g/mol. The third-order valence-corrected chi connectivity index (χ3v) is 6.91. The molecular formula is C29H39N3O. The number of rotatable bonds is 10. The molecule has 1 aliphatic heterocycles. The maximum atomic E-state index is 6.13. The lowest BCUT2D eigenvalue weighted by Crippen LogP contribution is -2.33. The number of allylic oxidation sites excluding steroid dienone is 1. The lowest BCUT2D eigenvalue weighted by atomic mass is 9.92. The third kappa shape index (κ3) is 6.42. The number of benzene rings is 2. The second kappa shape index (κ2) is 11.4. The molecule has 33 heavy (non-hydrogen) atoms. The Balaban J connectivity index is 1.20. The summed E-state index contributed by atoms with van der Waals surface area (Å²) < 4.78 is 8.41. The Morgan fingerprint density at radius 2 is 1.85 bits per heavy atom. The van der Waals surface area contributed by atoms with Crippen molar-refractivity contribution in [1.29, 1.82) is 0 Å². The molecule has 0 aliphatic carbocycles. The topological polar surface area (TPSA) is 20.6 Å². The van der Waals surface area contributed by atoms with Crippen molar-refractivity contribution in [3.63, 3.8) is 0 Å². The Morgan fingerprint density at radius 1 is 1.06 bits per heavy atom. The van der Waals surface area contributed by atoms with Gasteiger partial charge in [0.15, 0.2) is 0 Å². The number of aromatic nitrogens is 1. The third-order valence-electron chi connectivity index (χ3n) is 6.91. The zero-order chi connectivity index (χ0) is 23.0. The van der Waals surface area contributed by atoms with Crippen LogP contribution in [0.25, 0.3) is 10.9 Å². The summed E-state index contributed by atoms with van der Waals surface area (Å²) >= 11 is 0. The van der Waals surface area contributed by atoms with E-state index in [0.717, 1.165) is 37.8 Å². The molecule has 4 nitrogen and oxygen atoms in total. The van der Waals surface area contributed by atoms with Gasteiger partial charge in [0.1, 0.15) is 5.75 Å². The standard InChI is InChI=1S/C29H39N3O/c1-4-16-30(2)23-27-20-26-21-28(12-13-29(26)31(27)3)33-19-8-11-24-14-17-32(18-15-24)22-25-9-6-5-7-10-25/h4-7,9-10,12-13,16,20-21,24H,8,11,14-15,17-19,22-23H2,1-3H3/b16-4+. The van der Waals surface area contributed by atoms with Crippen molar-refractivity contribution >= 4 is 10.9 Å². The van der Waals surface area contributed by atoms with Crippen LogP contribution in [0, 0.1) is 5.92 Å². The van der Waals surface area contributed by atoms with Crippen molar-refractivity contribution in [2.75, 3.05) is 26.7 Å². The molecule has 1 aliphatic rings. The fraction of sp³-hybridized carbons (Fsp3) is 0.448. The van der Waals surface area contributed by atoms with E-state index in [2.05, 4.69) is 102 Å². The largest absolute Gasteiger partial charge is 0.494 e. The zero-order valence-electron chi connectivity index (χ0n) is 20.5. The first-order valence-corrected chi connectivity index (χ1v) is 12.4. The van der Waals surface area contributed by atoms with Crippen molar-refractivity contribution in [2.45, 2.75) is 45.7 Å². The summed E-state index contributed by atoms with van der Waals surface area (Å²) in [5, 5.41) is 1.25. The van der Waals surface area contributed by atoms with Crippen LogP contribution in [0.2, 0.25) is 0 Å². The summed E-state index contributed by atoms with van der Waals surface area (Å²) in [7, 11) is 4.26. The summed E-state index contributed by atoms with van der Waals surface area (Å²) in [4.78, 5) is 4.81. The van der Waals surface area contributed by atoms with Crippen LogP contribution in [0.3, 0.4) is 0 Å². The smallest absolute Gasteiger partial charge is 0.120 e. The first-order chi connectivity index (χ1) is 16.1. The van der Waals surface area contributed by atoms with E-state index in [1.807, 2.05) is 0 Å². The molecule has 0 radical (unpaired) electrons. The highest BCUT2D eigenvalue weighted by atomic mass is 16.5. The first-order valence-electron chi connectivity index (χ1n) is 12.4. The van der Waals surface area contributed by atoms with E-state index in [4.69, 9.17) is 4.74 Å². The van der Waals surface area contributed by atoms with Gasteiger partial charge in [0, 0.05) is 37.2 Å². The SMILES string of the molecule is C/C=C/N(C)Cc1cc2cc(OCCCC3CCN(Cc4ccccc4)CC3)ccc2n1C. The fourth-order valence-corrected chi connectivity index (χ4v) is 5.03. The number of aryl methyl sites for hydroxylation is 1. The molecule has 0 saturated carbocycles. The number of fused-ring (bicyclic) bond motifs is 1. The van der Waals surface area contributed by atoms with Crippen molar-refractivity contribution in [3.8, 4) is 5.75 Å². The predicted molar refractivity (Wildman–Crippen MR) is 138 cm³/mol. The van der Waals surface area contributed by atoms with Crippen LogP contribution in [0.4, 0.5) is 0 Å². The highest BCUT2D eigenvalue weighted by molar-refractivity contribution is 5.82. The van der Waals surface area contributed by atoms with Crippen molar-refractivity contribution < 1.29 is 4.74 Å². The normalized spacial score (nSPS) is 15.5. The molecule has 3 aromatic rings. The molecule has 4 heteroatoms. The number of nitrogens with zero attached hydrogens (tertiary/aromatic N) is 3. The Bertz CT molecular complexity index is 1030. The molecule has 0 amide bonds. The van der Waals surface area contributed by atoms with E-state index in [1.165, 1.54) is 54.5 Å². The molecule has 2 aromatic carbocycles. The van der Waals surface area contributed by atoms with Gasteiger partial charge in [0.05, 0.1) is 13.2 Å². The zero-order valence-corrected chi connectivity index (χ0v) is 20.5. The van der Waals surface area contributed by atoms with Gasteiger partial charge in [-0.2, -0.15) is 0 Å². The minimum Gasteiger partial charge on any atom is -0.494 e. The number of hydrogen-bond acceptors (Lipinski definition) is 3. The number of hydrogen-bond donors (Lipinski definition) is 0. The molecule has 1 saturated heterocycles. The molecule has 0 bridgehead atoms. The molecular weight excluding hydrogens is 406 g/mol. The van der Waals surface area contributed by atoms with Gasteiger partial charge in [0.25, 0.3) is 0 Å². The minimum absolute atomic E-state index is 0.805. The van der Waals surface area contributed by atoms with Crippen LogP contribution >= 0.6 is 0 Å². The quantitative estimate of drug-likeness (QED) is 0.346. The van der Waals surface area contributed by atoms with E-state index in [0.29, 0.717) is 0 Å². The molecule has 0 atom stereocenters. The van der Waals surface area contributed by atoms with Crippen molar-refractivity contribution in [2.24, 2.45) is 13.0 Å². The monoisotopic (exact) mass is 445 g/mol. The van der Waals surface area contributed by atoms with Gasteiger partial charge in [-0.25, -0.2) is 0 Å². The highest BCUT2D eigenvalue weighted by Gasteiger charge is 2.19. The van der Waals surface area contributed by atoms with Gasteiger partial charge in [-0.05, 0) is 87.6 Å². The number of piperidine rings is 1. The second-order valence-corrected chi connectivity index (χ2v) is 9.51. The number of likely N-dealkylation sites (tertiary alicyclic amines) is 1. The van der Waals surface area contributed by atoms with E-state index in [1.54, 1.807) is 0 Å². The fourth-order valence-electron chi connectivity index (χ4n) is 5.03. The molecule has 0 N–H and O–H groups in total. The van der Waals surface area contributed by atoms with Crippen molar-refractivity contribution in [1.82, 2.24) is 14.4 Å². The van der Waals surface area contributed by atoms with Crippen LogP contribution in [-0.4, -0.2) is 41.1 Å². The van der Waals surface area contributed by atoms with Crippen molar-refractivity contribution in [3.05, 3.63) is 78.1 Å². The van der Waals surface area contributed by atoms with E-state index >= 15 is 0 Å². The van der Waals surface area contributed by atoms with Gasteiger partial charge in [-0.3, -0.25) is 4.90 Å². The van der Waals surface area contributed by atoms with E-state index < -0.39 is 0 Å². The van der Waals surface area contributed by atoms with Gasteiger partial charge < -0.3 is 14.2 Å². The maximum Gasteiger partial charge on any atom is 0.120 e. The first kappa shape index (κ1) is 23.4. The molecule has 0 spiro atoms. The average Bonchev–Trinajstić information content (AvgIpc) is 3.13. The summed E-state index contributed by atoms with van der Waals surface area (Å²) in [6.45, 7) is 7.28. The minimum atomic E-state index is 0.805. The summed E-state index contributed by atoms with van der Waals surface area (Å²) in [5.74, 6) is 1.83. The summed E-state index contributed by atoms with van der Waals surface area (Å²) in [5.41, 5.74) is 3.99. The van der Waals surface area contributed by atoms with Crippen LogP contribution in [0.15, 0.2) is 66.9 Å². The van der Waals surface area contributed by atoms with Crippen LogP contribution in [0.1, 0.15) is 43.9 Å². The Hall–Kier alpha value is -2.72. The predicted octanol–water partition coefficient (Wildman–Crippen LogP) is 6.21. The van der Waals surface area contributed by atoms with E-state index in [-0.39, 0.29) is 0 Å². The summed E-state index contributed by atoms with van der Waals surface area (Å²) in [6.07, 6.45) is 9.21.